The van der Waals surface area contributed by atoms with E-state index in [0.717, 1.165) is 0 Å². The van der Waals surface area contributed by atoms with Gasteiger partial charge in [0.1, 0.15) is 6.04 Å². The van der Waals surface area contributed by atoms with Crippen LogP contribution >= 0.6 is 0 Å². The van der Waals surface area contributed by atoms with Crippen LogP contribution in [0.3, 0.4) is 0 Å². The molecule has 1 aliphatic heterocycles. The lowest BCUT2D eigenvalue weighted by atomic mass is 10.1. The largest absolute Gasteiger partial charge is 0.480 e. The van der Waals surface area contributed by atoms with E-state index < -0.39 is 12.0 Å². The molecular formula is C11H17N3O4. The number of rotatable bonds is 4. The number of ether oxygens (including phenoxy) is 1. The van der Waals surface area contributed by atoms with Crippen LogP contribution < -0.4 is 0 Å². The number of carbonyl (C=O) groups is 2. The zero-order valence-corrected chi connectivity index (χ0v) is 10.3. The standard InChI is InChI=1S/C11H17N3O4/c1-2-18-11(17)14-7-5-13(6-8-14)9(3-4-12)10(15)16/h9H,2-3,5-8H2,1H3,(H,15,16). The van der Waals surface area contributed by atoms with Gasteiger partial charge in [0.15, 0.2) is 0 Å². The average molecular weight is 255 g/mol. The van der Waals surface area contributed by atoms with Gasteiger partial charge in [0, 0.05) is 26.2 Å². The van der Waals surface area contributed by atoms with Crippen molar-refractivity contribution in [3.63, 3.8) is 0 Å². The summed E-state index contributed by atoms with van der Waals surface area (Å²) >= 11 is 0. The normalized spacial score (nSPS) is 17.9. The van der Waals surface area contributed by atoms with Crippen LogP contribution in [-0.2, 0) is 9.53 Å². The van der Waals surface area contributed by atoms with Gasteiger partial charge in [0.05, 0.1) is 19.1 Å². The molecule has 0 bridgehead atoms. The van der Waals surface area contributed by atoms with Crippen LogP contribution in [0.5, 0.6) is 0 Å². The minimum absolute atomic E-state index is 0.0469. The Bertz CT molecular complexity index is 345. The Kier molecular flexibility index (Phi) is 5.39. The molecule has 0 aromatic rings. The summed E-state index contributed by atoms with van der Waals surface area (Å²) < 4.78 is 4.87. The third-order valence-electron chi connectivity index (χ3n) is 2.85. The number of hydrogen-bond donors (Lipinski definition) is 1. The predicted octanol–water partition coefficient (Wildman–Crippen LogP) is 0.127. The molecule has 1 rings (SSSR count). The number of carboxylic acid groups (broad SMARTS) is 1. The van der Waals surface area contributed by atoms with E-state index in [1.807, 2.05) is 6.07 Å². The molecule has 18 heavy (non-hydrogen) atoms. The first-order valence-corrected chi connectivity index (χ1v) is 5.85. The molecule has 1 atom stereocenters. The van der Waals surface area contributed by atoms with Gasteiger partial charge < -0.3 is 14.7 Å². The van der Waals surface area contributed by atoms with E-state index in [9.17, 15) is 9.59 Å². The van der Waals surface area contributed by atoms with Gasteiger partial charge in [-0.1, -0.05) is 0 Å². The quantitative estimate of drug-likeness (QED) is 0.767. The molecule has 1 unspecified atom stereocenters. The van der Waals surface area contributed by atoms with Crippen LogP contribution in [0.15, 0.2) is 0 Å². The zero-order chi connectivity index (χ0) is 13.5. The van der Waals surface area contributed by atoms with Crippen LogP contribution in [-0.4, -0.2) is 65.8 Å². The molecule has 0 spiro atoms. The molecule has 1 N–H and O–H groups in total. The predicted molar refractivity (Wildman–Crippen MR) is 61.8 cm³/mol. The van der Waals surface area contributed by atoms with Gasteiger partial charge in [-0.2, -0.15) is 5.26 Å². The second kappa shape index (κ2) is 6.81. The third kappa shape index (κ3) is 3.60. The van der Waals surface area contributed by atoms with E-state index >= 15 is 0 Å². The molecule has 1 heterocycles. The van der Waals surface area contributed by atoms with Crippen molar-refractivity contribution in [3.8, 4) is 6.07 Å². The van der Waals surface area contributed by atoms with Crippen LogP contribution in [0.2, 0.25) is 0 Å². The highest BCUT2D eigenvalue weighted by Crippen LogP contribution is 2.10. The van der Waals surface area contributed by atoms with Gasteiger partial charge in [-0.25, -0.2) is 4.79 Å². The highest BCUT2D eigenvalue weighted by atomic mass is 16.6. The molecule has 7 nitrogen and oxygen atoms in total. The molecule has 1 aliphatic rings. The molecular weight excluding hydrogens is 238 g/mol. The summed E-state index contributed by atoms with van der Waals surface area (Å²) in [7, 11) is 0. The number of carbonyl (C=O) groups excluding carboxylic acids is 1. The number of piperazine rings is 1. The van der Waals surface area contributed by atoms with E-state index in [1.165, 1.54) is 0 Å². The van der Waals surface area contributed by atoms with Crippen molar-refractivity contribution in [2.75, 3.05) is 32.8 Å². The molecule has 0 aromatic carbocycles. The van der Waals surface area contributed by atoms with Gasteiger partial charge >= 0.3 is 12.1 Å². The number of nitrogens with zero attached hydrogens (tertiary/aromatic N) is 3. The van der Waals surface area contributed by atoms with Crippen molar-refractivity contribution in [1.82, 2.24) is 9.80 Å². The summed E-state index contributed by atoms with van der Waals surface area (Å²) in [5, 5.41) is 17.6. The maximum atomic E-state index is 11.5. The summed E-state index contributed by atoms with van der Waals surface area (Å²) in [5.74, 6) is -0.999. The van der Waals surface area contributed by atoms with Gasteiger partial charge in [-0.15, -0.1) is 0 Å². The van der Waals surface area contributed by atoms with Gasteiger partial charge in [-0.3, -0.25) is 9.69 Å². The van der Waals surface area contributed by atoms with Crippen molar-refractivity contribution in [1.29, 1.82) is 5.26 Å². The maximum absolute atomic E-state index is 11.5. The Morgan fingerprint density at radius 2 is 2.00 bits per heavy atom. The van der Waals surface area contributed by atoms with E-state index in [0.29, 0.717) is 32.8 Å². The maximum Gasteiger partial charge on any atom is 0.409 e. The fraction of sp³-hybridized carbons (Fsp3) is 0.727. The highest BCUT2D eigenvalue weighted by Gasteiger charge is 2.30. The lowest BCUT2D eigenvalue weighted by Gasteiger charge is -2.36. The van der Waals surface area contributed by atoms with E-state index in [2.05, 4.69) is 0 Å². The van der Waals surface area contributed by atoms with Crippen LogP contribution in [0.25, 0.3) is 0 Å². The van der Waals surface area contributed by atoms with Gasteiger partial charge in [0.25, 0.3) is 0 Å². The van der Waals surface area contributed by atoms with Crippen LogP contribution in [0, 0.1) is 11.3 Å². The molecule has 0 saturated carbocycles. The van der Waals surface area contributed by atoms with Gasteiger partial charge in [0.2, 0.25) is 0 Å². The van der Waals surface area contributed by atoms with E-state index in [1.54, 1.807) is 16.7 Å². The number of amides is 1. The smallest absolute Gasteiger partial charge is 0.409 e. The lowest BCUT2D eigenvalue weighted by Crippen LogP contribution is -2.54. The van der Waals surface area contributed by atoms with Gasteiger partial charge in [-0.05, 0) is 6.92 Å². The fourth-order valence-electron chi connectivity index (χ4n) is 1.89. The van der Waals surface area contributed by atoms with E-state index in [4.69, 9.17) is 15.1 Å². The monoisotopic (exact) mass is 255 g/mol. The lowest BCUT2D eigenvalue weighted by molar-refractivity contribution is -0.143. The molecule has 0 radical (unpaired) electrons. The van der Waals surface area contributed by atoms with Crippen LogP contribution in [0.4, 0.5) is 4.79 Å². The Hall–Kier alpha value is -1.81. The average Bonchev–Trinajstić information content (AvgIpc) is 2.36. The number of carboxylic acids is 1. The van der Waals surface area contributed by atoms with Crippen molar-refractivity contribution in [2.45, 2.75) is 19.4 Å². The summed E-state index contributed by atoms with van der Waals surface area (Å²) in [6.45, 7) is 3.80. The summed E-state index contributed by atoms with van der Waals surface area (Å²) in [6, 6.07) is 1.08. The highest BCUT2D eigenvalue weighted by molar-refractivity contribution is 5.74. The minimum Gasteiger partial charge on any atom is -0.480 e. The molecule has 7 heteroatoms. The van der Waals surface area contributed by atoms with Crippen LogP contribution in [0.1, 0.15) is 13.3 Å². The molecule has 1 saturated heterocycles. The molecule has 1 fully saturated rings. The Morgan fingerprint density at radius 3 is 2.44 bits per heavy atom. The summed E-state index contributed by atoms with van der Waals surface area (Å²) in [5.41, 5.74) is 0. The van der Waals surface area contributed by atoms with Crippen molar-refractivity contribution >= 4 is 12.1 Å². The van der Waals surface area contributed by atoms with E-state index in [-0.39, 0.29) is 12.5 Å². The summed E-state index contributed by atoms with van der Waals surface area (Å²) in [6.07, 6.45) is -0.418. The second-order valence-electron chi connectivity index (χ2n) is 3.94. The second-order valence-corrected chi connectivity index (χ2v) is 3.94. The van der Waals surface area contributed by atoms with Crippen molar-refractivity contribution in [3.05, 3.63) is 0 Å². The first-order valence-electron chi connectivity index (χ1n) is 5.85. The first-order chi connectivity index (χ1) is 8.60. The first kappa shape index (κ1) is 14.3. The SMILES string of the molecule is CCOC(=O)N1CCN(C(CC#N)C(=O)O)CC1. The third-order valence-corrected chi connectivity index (χ3v) is 2.85. The Balaban J connectivity index is 2.50. The zero-order valence-electron chi connectivity index (χ0n) is 10.3. The molecule has 1 amide bonds. The fourth-order valence-corrected chi connectivity index (χ4v) is 1.89. The molecule has 0 aliphatic carbocycles. The van der Waals surface area contributed by atoms with Crippen molar-refractivity contribution < 1.29 is 19.4 Å². The molecule has 0 aromatic heterocycles. The number of hydrogen-bond acceptors (Lipinski definition) is 5. The summed E-state index contributed by atoms with van der Waals surface area (Å²) in [4.78, 5) is 25.7. The number of nitriles is 1. The minimum atomic E-state index is -0.999. The Morgan fingerprint density at radius 1 is 1.39 bits per heavy atom. The Labute approximate surface area is 106 Å². The van der Waals surface area contributed by atoms with Crippen molar-refractivity contribution in [2.24, 2.45) is 0 Å². The number of aliphatic carboxylic acids is 1. The molecule has 100 valence electrons. The topological polar surface area (TPSA) is 93.9 Å².